The monoisotopic (exact) mass is 249 g/mol. The van der Waals surface area contributed by atoms with Crippen molar-refractivity contribution in [2.75, 3.05) is 13.6 Å². The molecule has 100 valence electrons. The van der Waals surface area contributed by atoms with E-state index in [1.54, 1.807) is 0 Å². The van der Waals surface area contributed by atoms with Gasteiger partial charge in [0, 0.05) is 18.6 Å². The summed E-state index contributed by atoms with van der Waals surface area (Å²) in [7, 11) is 1.95. The minimum atomic E-state index is -0.229. The Balaban J connectivity index is 2.12. The second kappa shape index (κ2) is 5.71. The van der Waals surface area contributed by atoms with E-state index in [1.807, 2.05) is 11.9 Å². The van der Waals surface area contributed by atoms with Crippen molar-refractivity contribution in [3.05, 3.63) is 0 Å². The summed E-state index contributed by atoms with van der Waals surface area (Å²) in [5, 5.41) is 8.87. The fourth-order valence-electron chi connectivity index (χ4n) is 3.44. The van der Waals surface area contributed by atoms with Gasteiger partial charge in [0.2, 0.25) is 5.91 Å². The van der Waals surface area contributed by atoms with Gasteiger partial charge in [0.25, 0.3) is 0 Å². The molecule has 1 heterocycles. The number of hydrogen-bond donors (Lipinski definition) is 0. The van der Waals surface area contributed by atoms with Crippen molar-refractivity contribution in [2.24, 2.45) is 0 Å². The average molecular weight is 249 g/mol. The van der Waals surface area contributed by atoms with E-state index in [-0.39, 0.29) is 18.0 Å². The smallest absolute Gasteiger partial charge is 0.241 e. The predicted molar refractivity (Wildman–Crippen MR) is 69.8 cm³/mol. The van der Waals surface area contributed by atoms with E-state index in [0.717, 1.165) is 19.4 Å². The van der Waals surface area contributed by atoms with Crippen LogP contribution in [0.3, 0.4) is 0 Å². The molecule has 1 saturated heterocycles. The Morgan fingerprint density at radius 2 is 2.00 bits per heavy atom. The molecule has 18 heavy (non-hydrogen) atoms. The van der Waals surface area contributed by atoms with E-state index in [0.29, 0.717) is 12.5 Å². The SMILES string of the molecule is CC1CN(C)C(CC#N)C(=O)N1C1CCCCC1. The summed E-state index contributed by atoms with van der Waals surface area (Å²) in [5.41, 5.74) is 0. The summed E-state index contributed by atoms with van der Waals surface area (Å²) < 4.78 is 0. The van der Waals surface area contributed by atoms with Gasteiger partial charge in [-0.1, -0.05) is 19.3 Å². The van der Waals surface area contributed by atoms with E-state index >= 15 is 0 Å². The molecule has 2 fully saturated rings. The number of carbonyl (C=O) groups excluding carboxylic acids is 1. The number of nitrogens with zero attached hydrogens (tertiary/aromatic N) is 3. The molecule has 2 atom stereocenters. The topological polar surface area (TPSA) is 47.3 Å². The molecule has 0 aromatic heterocycles. The molecule has 0 radical (unpaired) electrons. The molecule has 2 unspecified atom stereocenters. The van der Waals surface area contributed by atoms with Crippen LogP contribution in [0.1, 0.15) is 45.4 Å². The Labute approximate surface area is 110 Å². The normalized spacial score (nSPS) is 31.4. The zero-order valence-electron chi connectivity index (χ0n) is 11.4. The first-order chi connectivity index (χ1) is 8.65. The van der Waals surface area contributed by atoms with Crippen molar-refractivity contribution in [3.8, 4) is 6.07 Å². The number of likely N-dealkylation sites (N-methyl/N-ethyl adjacent to an activating group) is 1. The first-order valence-electron chi connectivity index (χ1n) is 7.04. The number of rotatable bonds is 2. The van der Waals surface area contributed by atoms with Crippen LogP contribution >= 0.6 is 0 Å². The highest BCUT2D eigenvalue weighted by Gasteiger charge is 2.40. The number of carbonyl (C=O) groups is 1. The third kappa shape index (κ3) is 2.51. The third-order valence-corrected chi connectivity index (χ3v) is 4.35. The summed E-state index contributed by atoms with van der Waals surface area (Å²) in [6, 6.07) is 2.61. The van der Waals surface area contributed by atoms with Crippen molar-refractivity contribution in [1.82, 2.24) is 9.80 Å². The second-order valence-corrected chi connectivity index (χ2v) is 5.70. The van der Waals surface area contributed by atoms with Crippen LogP contribution in [0.25, 0.3) is 0 Å². The Hall–Kier alpha value is -1.08. The maximum absolute atomic E-state index is 12.6. The number of piperazine rings is 1. The number of amides is 1. The summed E-state index contributed by atoms with van der Waals surface area (Å²) in [6.07, 6.45) is 6.36. The quantitative estimate of drug-likeness (QED) is 0.749. The minimum Gasteiger partial charge on any atom is -0.334 e. The van der Waals surface area contributed by atoms with Crippen molar-refractivity contribution in [3.63, 3.8) is 0 Å². The molecule has 0 bridgehead atoms. The van der Waals surface area contributed by atoms with Gasteiger partial charge >= 0.3 is 0 Å². The molecule has 0 spiro atoms. The third-order valence-electron chi connectivity index (χ3n) is 4.35. The lowest BCUT2D eigenvalue weighted by Gasteiger charge is -2.47. The van der Waals surface area contributed by atoms with Crippen LogP contribution < -0.4 is 0 Å². The van der Waals surface area contributed by atoms with Gasteiger partial charge in [-0.3, -0.25) is 9.69 Å². The predicted octanol–water partition coefficient (Wildman–Crippen LogP) is 1.76. The van der Waals surface area contributed by atoms with E-state index in [4.69, 9.17) is 5.26 Å². The Kier molecular flexibility index (Phi) is 4.23. The van der Waals surface area contributed by atoms with Gasteiger partial charge < -0.3 is 4.90 Å². The van der Waals surface area contributed by atoms with Crippen LogP contribution in [0, 0.1) is 11.3 Å². The van der Waals surface area contributed by atoms with Crippen LogP contribution in [-0.4, -0.2) is 47.4 Å². The standard InChI is InChI=1S/C14H23N3O/c1-11-10-16(2)13(8-9-15)14(18)17(11)12-6-4-3-5-7-12/h11-13H,3-8,10H2,1-2H3. The summed E-state index contributed by atoms with van der Waals surface area (Å²) in [6.45, 7) is 3.01. The van der Waals surface area contributed by atoms with E-state index in [2.05, 4.69) is 17.9 Å². The zero-order chi connectivity index (χ0) is 13.1. The maximum atomic E-state index is 12.6. The lowest BCUT2D eigenvalue weighted by atomic mass is 9.91. The molecule has 1 amide bonds. The molecule has 1 saturated carbocycles. The van der Waals surface area contributed by atoms with Gasteiger partial charge in [-0.15, -0.1) is 0 Å². The van der Waals surface area contributed by atoms with Crippen LogP contribution in [0.4, 0.5) is 0 Å². The molecular weight excluding hydrogens is 226 g/mol. The lowest BCUT2D eigenvalue weighted by molar-refractivity contribution is -0.148. The van der Waals surface area contributed by atoms with Crippen molar-refractivity contribution < 1.29 is 4.79 Å². The average Bonchev–Trinajstić information content (AvgIpc) is 2.35. The van der Waals surface area contributed by atoms with Gasteiger partial charge in [-0.2, -0.15) is 5.26 Å². The molecule has 1 aliphatic heterocycles. The van der Waals surface area contributed by atoms with Gasteiger partial charge in [0.1, 0.15) is 6.04 Å². The molecule has 4 heteroatoms. The van der Waals surface area contributed by atoms with Gasteiger partial charge in [-0.25, -0.2) is 0 Å². The fourth-order valence-corrected chi connectivity index (χ4v) is 3.44. The minimum absolute atomic E-state index is 0.171. The molecule has 2 rings (SSSR count). The zero-order valence-corrected chi connectivity index (χ0v) is 11.4. The van der Waals surface area contributed by atoms with Gasteiger partial charge in [0.15, 0.2) is 0 Å². The van der Waals surface area contributed by atoms with Crippen LogP contribution in [0.15, 0.2) is 0 Å². The maximum Gasteiger partial charge on any atom is 0.241 e. The van der Waals surface area contributed by atoms with E-state index < -0.39 is 0 Å². The number of nitriles is 1. The van der Waals surface area contributed by atoms with Crippen molar-refractivity contribution in [1.29, 1.82) is 5.26 Å². The van der Waals surface area contributed by atoms with Crippen LogP contribution in [0.5, 0.6) is 0 Å². The van der Waals surface area contributed by atoms with Gasteiger partial charge in [0.05, 0.1) is 12.5 Å². The van der Waals surface area contributed by atoms with Crippen molar-refractivity contribution in [2.45, 2.75) is 63.6 Å². The Bertz CT molecular complexity index is 343. The highest BCUT2D eigenvalue weighted by atomic mass is 16.2. The first-order valence-corrected chi connectivity index (χ1v) is 7.04. The highest BCUT2D eigenvalue weighted by molar-refractivity contribution is 5.83. The summed E-state index contributed by atoms with van der Waals surface area (Å²) >= 11 is 0. The Morgan fingerprint density at radius 1 is 1.33 bits per heavy atom. The van der Waals surface area contributed by atoms with E-state index in [9.17, 15) is 4.79 Å². The summed E-state index contributed by atoms with van der Waals surface area (Å²) in [5.74, 6) is 0.171. The number of hydrogen-bond acceptors (Lipinski definition) is 3. The van der Waals surface area contributed by atoms with Crippen LogP contribution in [0.2, 0.25) is 0 Å². The molecule has 0 aromatic rings. The first kappa shape index (κ1) is 13.4. The van der Waals surface area contributed by atoms with Crippen molar-refractivity contribution >= 4 is 5.91 Å². The van der Waals surface area contributed by atoms with Crippen LogP contribution in [-0.2, 0) is 4.79 Å². The molecule has 0 N–H and O–H groups in total. The molecule has 4 nitrogen and oxygen atoms in total. The molecule has 2 aliphatic rings. The Morgan fingerprint density at radius 3 is 2.61 bits per heavy atom. The highest BCUT2D eigenvalue weighted by Crippen LogP contribution is 2.28. The molecular formula is C14H23N3O. The largest absolute Gasteiger partial charge is 0.334 e. The van der Waals surface area contributed by atoms with Gasteiger partial charge in [-0.05, 0) is 26.8 Å². The second-order valence-electron chi connectivity index (χ2n) is 5.70. The molecule has 0 aromatic carbocycles. The fraction of sp³-hybridized carbons (Fsp3) is 0.857. The lowest BCUT2D eigenvalue weighted by Crippen LogP contribution is -2.62. The molecule has 1 aliphatic carbocycles. The summed E-state index contributed by atoms with van der Waals surface area (Å²) in [4.78, 5) is 16.7. The van der Waals surface area contributed by atoms with E-state index in [1.165, 1.54) is 19.3 Å².